The smallest absolute Gasteiger partial charge is 0.405 e. The molecule has 1 heterocycles. The van der Waals surface area contributed by atoms with Crippen LogP contribution in [0.15, 0.2) is 47.4 Å². The van der Waals surface area contributed by atoms with Gasteiger partial charge in [0.25, 0.3) is 11.5 Å². The maximum Gasteiger partial charge on any atom is 0.405 e. The van der Waals surface area contributed by atoms with E-state index in [0.29, 0.717) is 6.42 Å². The predicted octanol–water partition coefficient (Wildman–Crippen LogP) is 5.14. The first-order chi connectivity index (χ1) is 18.2. The molecule has 3 atom stereocenters. The Balaban J connectivity index is 1.85. The van der Waals surface area contributed by atoms with Crippen LogP contribution < -0.4 is 16.6 Å². The number of pyridine rings is 1. The van der Waals surface area contributed by atoms with Crippen LogP contribution in [-0.4, -0.2) is 28.9 Å². The average molecular weight is 542 g/mol. The SMILES string of the molecule is CC(NC(=O)[C@@H](OC(N)=O)[C@@H](C)CCC(C)(C)C)c1cc(F)c(C(=O)c2cccc3c(=O)[nH]ccc23)c(F)c1. The monoisotopic (exact) mass is 541 g/mol. The van der Waals surface area contributed by atoms with E-state index >= 15 is 8.78 Å². The fourth-order valence-corrected chi connectivity index (χ4v) is 4.36. The number of primary amides is 1. The van der Waals surface area contributed by atoms with Crippen LogP contribution in [0, 0.1) is 23.0 Å². The molecular weight excluding hydrogens is 508 g/mol. The van der Waals surface area contributed by atoms with Gasteiger partial charge < -0.3 is 20.8 Å². The number of carbonyl (C=O) groups is 3. The Labute approximate surface area is 224 Å². The number of rotatable bonds is 9. The van der Waals surface area contributed by atoms with E-state index in [0.717, 1.165) is 18.6 Å². The predicted molar refractivity (Wildman–Crippen MR) is 143 cm³/mol. The second kappa shape index (κ2) is 11.8. The Morgan fingerprint density at radius 1 is 1.05 bits per heavy atom. The lowest BCUT2D eigenvalue weighted by Gasteiger charge is -2.27. The highest BCUT2D eigenvalue weighted by Gasteiger charge is 2.31. The van der Waals surface area contributed by atoms with Gasteiger partial charge in [0.05, 0.1) is 11.6 Å². The summed E-state index contributed by atoms with van der Waals surface area (Å²) in [7, 11) is 0. The third kappa shape index (κ3) is 7.07. The second-order valence-corrected chi connectivity index (χ2v) is 10.9. The average Bonchev–Trinajstić information content (AvgIpc) is 2.84. The number of aromatic amines is 1. The maximum atomic E-state index is 15.2. The summed E-state index contributed by atoms with van der Waals surface area (Å²) in [6.45, 7) is 9.39. The van der Waals surface area contributed by atoms with Crippen LogP contribution in [0.3, 0.4) is 0 Å². The van der Waals surface area contributed by atoms with Gasteiger partial charge in [-0.1, -0.05) is 39.8 Å². The van der Waals surface area contributed by atoms with Crippen molar-refractivity contribution in [1.29, 1.82) is 0 Å². The van der Waals surface area contributed by atoms with Gasteiger partial charge >= 0.3 is 6.09 Å². The standard InChI is InChI=1S/C29H33F2N3O5/c1-15(9-11-29(3,4)5)25(39-28(32)38)27(37)34-16(2)17-13-21(30)23(22(31)14-17)24(35)19-7-6-8-20-18(19)10-12-33-26(20)36/h6-8,10,12-16,25H,9,11H2,1-5H3,(H2,32,38)(H,33,36)(H,34,37)/t15-,16?,25-/m0/s1. The number of hydrogen-bond acceptors (Lipinski definition) is 5. The molecule has 0 saturated carbocycles. The third-order valence-corrected chi connectivity index (χ3v) is 6.58. The third-order valence-electron chi connectivity index (χ3n) is 6.58. The minimum atomic E-state index is -1.20. The molecule has 3 rings (SSSR count). The first-order valence-corrected chi connectivity index (χ1v) is 12.6. The summed E-state index contributed by atoms with van der Waals surface area (Å²) in [6, 6.07) is 6.87. The van der Waals surface area contributed by atoms with Crippen molar-refractivity contribution in [2.75, 3.05) is 0 Å². The van der Waals surface area contributed by atoms with Crippen LogP contribution in [0.2, 0.25) is 0 Å². The molecule has 8 nitrogen and oxygen atoms in total. The number of hydrogen-bond donors (Lipinski definition) is 3. The number of amides is 2. The number of benzene rings is 2. The molecule has 0 aliphatic rings. The van der Waals surface area contributed by atoms with Crippen molar-refractivity contribution in [2.45, 2.75) is 59.6 Å². The van der Waals surface area contributed by atoms with E-state index in [4.69, 9.17) is 10.5 Å². The van der Waals surface area contributed by atoms with E-state index in [1.165, 1.54) is 37.4 Å². The van der Waals surface area contributed by atoms with Gasteiger partial charge in [-0.15, -0.1) is 0 Å². The minimum Gasteiger partial charge on any atom is -0.436 e. The zero-order valence-corrected chi connectivity index (χ0v) is 22.6. The highest BCUT2D eigenvalue weighted by molar-refractivity contribution is 6.16. The normalized spacial score (nSPS) is 13.9. The quantitative estimate of drug-likeness (QED) is 0.323. The number of nitrogens with one attached hydrogen (secondary N) is 2. The Morgan fingerprint density at radius 2 is 1.69 bits per heavy atom. The van der Waals surface area contributed by atoms with Crippen LogP contribution in [0.1, 0.15) is 75.0 Å². The van der Waals surface area contributed by atoms with Crippen molar-refractivity contribution in [1.82, 2.24) is 10.3 Å². The molecule has 1 unspecified atom stereocenters. The van der Waals surface area contributed by atoms with Gasteiger partial charge in [-0.2, -0.15) is 0 Å². The van der Waals surface area contributed by atoms with Gasteiger partial charge in [0.2, 0.25) is 0 Å². The molecule has 0 bridgehead atoms. The number of H-pyrrole nitrogens is 1. The van der Waals surface area contributed by atoms with E-state index in [1.54, 1.807) is 6.92 Å². The van der Waals surface area contributed by atoms with Crippen molar-refractivity contribution in [3.8, 4) is 0 Å². The molecule has 208 valence electrons. The lowest BCUT2D eigenvalue weighted by molar-refractivity contribution is -0.132. The highest BCUT2D eigenvalue weighted by atomic mass is 19.1. The summed E-state index contributed by atoms with van der Waals surface area (Å²) in [5.41, 5.74) is 3.98. The summed E-state index contributed by atoms with van der Waals surface area (Å²) in [5.74, 6) is -4.20. The van der Waals surface area contributed by atoms with Crippen LogP contribution in [0.5, 0.6) is 0 Å². The van der Waals surface area contributed by atoms with Gasteiger partial charge in [-0.25, -0.2) is 13.6 Å². The van der Waals surface area contributed by atoms with Crippen molar-refractivity contribution in [3.63, 3.8) is 0 Å². The topological polar surface area (TPSA) is 131 Å². The summed E-state index contributed by atoms with van der Waals surface area (Å²) in [4.78, 5) is 52.2. The summed E-state index contributed by atoms with van der Waals surface area (Å²) in [6.07, 6.45) is 0.370. The summed E-state index contributed by atoms with van der Waals surface area (Å²) in [5, 5.41) is 3.09. The number of nitrogens with two attached hydrogens (primary N) is 1. The number of halogens is 2. The van der Waals surface area contributed by atoms with Gasteiger partial charge in [-0.3, -0.25) is 14.4 Å². The lowest BCUT2D eigenvalue weighted by Crippen LogP contribution is -2.43. The van der Waals surface area contributed by atoms with E-state index in [9.17, 15) is 19.2 Å². The Kier molecular flexibility index (Phi) is 8.88. The number of aromatic nitrogens is 1. The Bertz CT molecular complexity index is 1440. The number of fused-ring (bicyclic) bond motifs is 1. The first kappa shape index (κ1) is 29.5. The van der Waals surface area contributed by atoms with E-state index in [1.807, 2.05) is 20.8 Å². The molecule has 4 N–H and O–H groups in total. The molecule has 0 aliphatic heterocycles. The molecule has 0 spiro atoms. The minimum absolute atomic E-state index is 0.00864. The van der Waals surface area contributed by atoms with Gasteiger partial charge in [0.15, 0.2) is 11.9 Å². The van der Waals surface area contributed by atoms with Crippen molar-refractivity contribution in [3.05, 3.63) is 81.3 Å². The second-order valence-electron chi connectivity index (χ2n) is 10.9. The molecule has 2 aromatic carbocycles. The molecule has 0 aliphatic carbocycles. The van der Waals surface area contributed by atoms with Crippen molar-refractivity contribution in [2.24, 2.45) is 17.1 Å². The molecule has 0 radical (unpaired) electrons. The molecule has 0 fully saturated rings. The fraction of sp³-hybridized carbons (Fsp3) is 0.379. The van der Waals surface area contributed by atoms with Gasteiger partial charge in [0, 0.05) is 23.1 Å². The van der Waals surface area contributed by atoms with Crippen LogP contribution in [-0.2, 0) is 9.53 Å². The van der Waals surface area contributed by atoms with Crippen molar-refractivity contribution < 1.29 is 27.9 Å². The number of ketones is 1. The zero-order valence-electron chi connectivity index (χ0n) is 22.6. The van der Waals surface area contributed by atoms with Crippen LogP contribution in [0.25, 0.3) is 10.8 Å². The maximum absolute atomic E-state index is 15.2. The number of carbonyl (C=O) groups excluding carboxylic acids is 3. The molecule has 1 aromatic heterocycles. The summed E-state index contributed by atoms with van der Waals surface area (Å²) < 4.78 is 35.4. The van der Waals surface area contributed by atoms with Gasteiger partial charge in [0.1, 0.15) is 11.6 Å². The van der Waals surface area contributed by atoms with E-state index in [-0.39, 0.29) is 33.2 Å². The fourth-order valence-electron chi connectivity index (χ4n) is 4.36. The molecule has 0 saturated heterocycles. The van der Waals surface area contributed by atoms with E-state index < -0.39 is 52.7 Å². The highest BCUT2D eigenvalue weighted by Crippen LogP contribution is 2.28. The van der Waals surface area contributed by atoms with Crippen LogP contribution in [0.4, 0.5) is 13.6 Å². The van der Waals surface area contributed by atoms with E-state index in [2.05, 4.69) is 10.3 Å². The zero-order chi connectivity index (χ0) is 29.1. The first-order valence-electron chi connectivity index (χ1n) is 12.6. The molecular formula is C29H33F2N3O5. The summed E-state index contributed by atoms with van der Waals surface area (Å²) >= 11 is 0. The Morgan fingerprint density at radius 3 is 2.28 bits per heavy atom. The van der Waals surface area contributed by atoms with Crippen molar-refractivity contribution >= 4 is 28.6 Å². The van der Waals surface area contributed by atoms with Gasteiger partial charge in [-0.05, 0) is 60.4 Å². The lowest BCUT2D eigenvalue weighted by atomic mass is 9.85. The van der Waals surface area contributed by atoms with Crippen LogP contribution >= 0.6 is 0 Å². The number of ether oxygens (including phenoxy) is 1. The molecule has 2 amide bonds. The molecule has 3 aromatic rings. The molecule has 39 heavy (non-hydrogen) atoms. The Hall–Kier alpha value is -4.08. The molecule has 10 heteroatoms. The largest absolute Gasteiger partial charge is 0.436 e.